The molecule has 2 heteroatoms. The van der Waals surface area contributed by atoms with E-state index in [1.54, 1.807) is 0 Å². The van der Waals surface area contributed by atoms with Crippen molar-refractivity contribution >= 4 is 28.3 Å². The lowest BCUT2D eigenvalue weighted by atomic mass is 9.94. The molecule has 1 nitrogen and oxygen atoms in total. The van der Waals surface area contributed by atoms with E-state index in [9.17, 15) is 0 Å². The van der Waals surface area contributed by atoms with Crippen molar-refractivity contribution in [3.05, 3.63) is 0 Å². The number of halogens is 1. The second kappa shape index (κ2) is 6.97. The van der Waals surface area contributed by atoms with Gasteiger partial charge in [0.15, 0.2) is 0 Å². The van der Waals surface area contributed by atoms with Gasteiger partial charge >= 0.3 is 0 Å². The van der Waals surface area contributed by atoms with Crippen LogP contribution in [0.1, 0.15) is 65.7 Å². The Kier molecular flexibility index (Phi) is 6.30. The number of aliphatic imine (C=N–C) groups is 1. The number of hydrogen-bond donors (Lipinski definition) is 0. The average molecular weight is 335 g/mol. The van der Waals surface area contributed by atoms with Crippen LogP contribution in [0.2, 0.25) is 0 Å². The van der Waals surface area contributed by atoms with E-state index in [-0.39, 0.29) is 0 Å². The lowest BCUT2D eigenvalue weighted by Gasteiger charge is -2.23. The first-order valence-corrected chi connectivity index (χ1v) is 7.85. The van der Waals surface area contributed by atoms with Gasteiger partial charge in [-0.3, -0.25) is 4.99 Å². The molecule has 1 aliphatic heterocycles. The normalized spacial score (nSPS) is 33.9. The van der Waals surface area contributed by atoms with E-state index in [1.165, 1.54) is 50.7 Å². The van der Waals surface area contributed by atoms with Crippen LogP contribution in [0, 0.1) is 5.92 Å². The van der Waals surface area contributed by atoms with Crippen LogP contribution in [0.15, 0.2) is 4.99 Å². The Balaban J connectivity index is 2.61. The Hall–Kier alpha value is 0.400. The van der Waals surface area contributed by atoms with Crippen molar-refractivity contribution < 1.29 is 0 Å². The molecule has 0 aromatic heterocycles. The Bertz CT molecular complexity index is 233. The van der Waals surface area contributed by atoms with Gasteiger partial charge in [0, 0.05) is 15.7 Å². The van der Waals surface area contributed by atoms with Gasteiger partial charge < -0.3 is 0 Å². The number of alkyl halides is 1. The third-order valence-corrected chi connectivity index (χ3v) is 4.84. The van der Waals surface area contributed by atoms with Crippen LogP contribution in [0.3, 0.4) is 0 Å². The summed E-state index contributed by atoms with van der Waals surface area (Å²) in [7, 11) is 0. The first kappa shape index (κ1) is 14.5. The summed E-state index contributed by atoms with van der Waals surface area (Å²) >= 11 is 2.63. The molecule has 1 unspecified atom stereocenters. The van der Waals surface area contributed by atoms with Gasteiger partial charge in [0.1, 0.15) is 0 Å². The van der Waals surface area contributed by atoms with E-state index >= 15 is 0 Å². The lowest BCUT2D eigenvalue weighted by Crippen LogP contribution is -2.19. The van der Waals surface area contributed by atoms with Crippen molar-refractivity contribution in [1.29, 1.82) is 0 Å². The minimum Gasteiger partial charge on any atom is -0.294 e. The molecule has 0 N–H and O–H groups in total. The topological polar surface area (TPSA) is 12.4 Å². The molecule has 1 rings (SSSR count). The average Bonchev–Trinajstić information content (AvgIpc) is 2.25. The van der Waals surface area contributed by atoms with E-state index in [4.69, 9.17) is 4.99 Å². The maximum Gasteiger partial charge on any atom is 0.0401 e. The summed E-state index contributed by atoms with van der Waals surface area (Å²) < 4.78 is 0.471. The fourth-order valence-corrected chi connectivity index (χ4v) is 2.87. The first-order valence-electron chi connectivity index (χ1n) is 6.77. The third kappa shape index (κ3) is 5.15. The van der Waals surface area contributed by atoms with Crippen molar-refractivity contribution in [1.82, 2.24) is 0 Å². The van der Waals surface area contributed by atoms with Crippen LogP contribution in [0.25, 0.3) is 0 Å². The van der Waals surface area contributed by atoms with Crippen molar-refractivity contribution in [3.63, 3.8) is 0 Å². The molecule has 94 valence electrons. The summed E-state index contributed by atoms with van der Waals surface area (Å²) in [6.45, 7) is 8.02. The van der Waals surface area contributed by atoms with E-state index in [2.05, 4.69) is 43.4 Å². The van der Waals surface area contributed by atoms with Crippen LogP contribution < -0.4 is 0 Å². The van der Waals surface area contributed by atoms with E-state index in [0.29, 0.717) is 9.34 Å². The molecule has 0 saturated heterocycles. The van der Waals surface area contributed by atoms with Gasteiger partial charge in [0.25, 0.3) is 0 Å². The molecule has 0 radical (unpaired) electrons. The highest BCUT2D eigenvalue weighted by molar-refractivity contribution is 14.1. The van der Waals surface area contributed by atoms with Crippen LogP contribution in [-0.2, 0) is 0 Å². The summed E-state index contributed by atoms with van der Waals surface area (Å²) in [4.78, 5) is 4.86. The molecular weight excluding hydrogens is 309 g/mol. The van der Waals surface area contributed by atoms with E-state index in [0.717, 1.165) is 6.54 Å². The Labute approximate surface area is 115 Å². The van der Waals surface area contributed by atoms with Gasteiger partial charge in [0.05, 0.1) is 0 Å². The highest BCUT2D eigenvalue weighted by atomic mass is 127. The highest BCUT2D eigenvalue weighted by Crippen LogP contribution is 2.30. The third-order valence-electron chi connectivity index (χ3n) is 3.76. The van der Waals surface area contributed by atoms with E-state index < -0.39 is 0 Å². The summed E-state index contributed by atoms with van der Waals surface area (Å²) in [6.07, 6.45) is 9.21. The smallest absolute Gasteiger partial charge is 0.0401 e. The van der Waals surface area contributed by atoms with E-state index in [1.807, 2.05) is 0 Å². The Morgan fingerprint density at radius 3 is 2.75 bits per heavy atom. The predicted octanol–water partition coefficient (Wildman–Crippen LogP) is 5.02. The summed E-state index contributed by atoms with van der Waals surface area (Å²) in [5.74, 6) is 0.694. The molecule has 2 atom stereocenters. The van der Waals surface area contributed by atoms with Crippen LogP contribution >= 0.6 is 22.6 Å². The number of rotatable bonds is 2. The second-order valence-corrected chi connectivity index (χ2v) is 8.01. The second-order valence-electron chi connectivity index (χ2n) is 5.41. The van der Waals surface area contributed by atoms with Gasteiger partial charge in [-0.2, -0.15) is 0 Å². The maximum atomic E-state index is 4.86. The standard InChI is InChI=1S/C14H26IN/c1-4-12(2)13-8-6-5-7-9-14(3,15)10-11-16-13/h12H,4-11H2,1-3H3/b16-13+/t12-,14?/m0/s1. The SMILES string of the molecule is CC[C@H](C)/C1=N/CCC(C)(I)CCCCC1. The number of nitrogens with zero attached hydrogens (tertiary/aromatic N) is 1. The molecule has 0 bridgehead atoms. The molecule has 0 amide bonds. The molecule has 0 aromatic carbocycles. The first-order chi connectivity index (χ1) is 7.55. The molecular formula is C14H26IN. The zero-order valence-electron chi connectivity index (χ0n) is 11.1. The van der Waals surface area contributed by atoms with Gasteiger partial charge in [-0.15, -0.1) is 0 Å². The van der Waals surface area contributed by atoms with Crippen LogP contribution in [-0.4, -0.2) is 15.7 Å². The maximum absolute atomic E-state index is 4.86. The zero-order valence-corrected chi connectivity index (χ0v) is 13.2. The molecule has 16 heavy (non-hydrogen) atoms. The summed E-state index contributed by atoms with van der Waals surface area (Å²) in [5, 5.41) is 0. The fraction of sp³-hybridized carbons (Fsp3) is 0.929. The van der Waals surface area contributed by atoms with Crippen LogP contribution in [0.5, 0.6) is 0 Å². The highest BCUT2D eigenvalue weighted by Gasteiger charge is 2.20. The van der Waals surface area contributed by atoms with Gasteiger partial charge in [0.2, 0.25) is 0 Å². The molecule has 0 aliphatic carbocycles. The van der Waals surface area contributed by atoms with Gasteiger partial charge in [-0.05, 0) is 38.0 Å². The summed E-state index contributed by atoms with van der Waals surface area (Å²) in [6, 6.07) is 0. The molecule has 0 spiro atoms. The fourth-order valence-electron chi connectivity index (χ4n) is 2.25. The Morgan fingerprint density at radius 2 is 2.06 bits per heavy atom. The molecule has 0 aromatic rings. The zero-order chi connectivity index (χ0) is 12.0. The molecule has 0 fully saturated rings. The lowest BCUT2D eigenvalue weighted by molar-refractivity contribution is 0.520. The Morgan fingerprint density at radius 1 is 1.31 bits per heavy atom. The molecule has 1 aliphatic rings. The van der Waals surface area contributed by atoms with Crippen molar-refractivity contribution in [3.8, 4) is 0 Å². The van der Waals surface area contributed by atoms with Gasteiger partial charge in [-0.25, -0.2) is 0 Å². The monoisotopic (exact) mass is 335 g/mol. The minimum absolute atomic E-state index is 0.471. The minimum atomic E-state index is 0.471. The van der Waals surface area contributed by atoms with Crippen molar-refractivity contribution in [2.24, 2.45) is 10.9 Å². The molecule has 1 heterocycles. The largest absolute Gasteiger partial charge is 0.294 e. The van der Waals surface area contributed by atoms with Crippen LogP contribution in [0.4, 0.5) is 0 Å². The quantitative estimate of drug-likeness (QED) is 0.496. The van der Waals surface area contributed by atoms with Gasteiger partial charge in [-0.1, -0.05) is 56.2 Å². The summed E-state index contributed by atoms with van der Waals surface area (Å²) in [5.41, 5.74) is 1.48. The number of hydrogen-bond acceptors (Lipinski definition) is 1. The molecule has 0 saturated carbocycles. The van der Waals surface area contributed by atoms with Crippen molar-refractivity contribution in [2.45, 2.75) is 69.1 Å². The van der Waals surface area contributed by atoms with Crippen molar-refractivity contribution in [2.75, 3.05) is 6.54 Å². The predicted molar refractivity (Wildman–Crippen MR) is 81.9 cm³/mol.